The molecule has 1 fully saturated rings. The SMILES string of the molecule is CCOC(=O)c1ccccc1OC1CN(C(=O)OC(C)(C)C)C1. The lowest BCUT2D eigenvalue weighted by Gasteiger charge is -2.39. The van der Waals surface area contributed by atoms with E-state index in [1.165, 1.54) is 0 Å². The van der Waals surface area contributed by atoms with Crippen LogP contribution in [0.15, 0.2) is 24.3 Å². The van der Waals surface area contributed by atoms with Crippen LogP contribution < -0.4 is 4.74 Å². The van der Waals surface area contributed by atoms with Crippen molar-refractivity contribution in [3.8, 4) is 5.75 Å². The summed E-state index contributed by atoms with van der Waals surface area (Å²) in [5, 5.41) is 0. The molecule has 6 nitrogen and oxygen atoms in total. The van der Waals surface area contributed by atoms with Gasteiger partial charge in [0.25, 0.3) is 0 Å². The predicted octanol–water partition coefficient (Wildman–Crippen LogP) is 2.86. The molecule has 0 aromatic heterocycles. The fourth-order valence-electron chi connectivity index (χ4n) is 2.11. The summed E-state index contributed by atoms with van der Waals surface area (Å²) < 4.78 is 16.1. The Morgan fingerprint density at radius 3 is 2.48 bits per heavy atom. The Morgan fingerprint density at radius 1 is 1.22 bits per heavy atom. The first-order valence-corrected chi connectivity index (χ1v) is 7.71. The van der Waals surface area contributed by atoms with Crippen molar-refractivity contribution in [1.29, 1.82) is 0 Å². The minimum absolute atomic E-state index is 0.155. The molecule has 0 aliphatic carbocycles. The van der Waals surface area contributed by atoms with E-state index in [-0.39, 0.29) is 12.2 Å². The summed E-state index contributed by atoms with van der Waals surface area (Å²) in [6.07, 6.45) is -0.505. The first-order chi connectivity index (χ1) is 10.8. The zero-order valence-corrected chi connectivity index (χ0v) is 14.0. The highest BCUT2D eigenvalue weighted by molar-refractivity contribution is 5.92. The quantitative estimate of drug-likeness (QED) is 0.798. The molecule has 1 aliphatic rings. The third-order valence-corrected chi connectivity index (χ3v) is 3.18. The van der Waals surface area contributed by atoms with Crippen molar-refractivity contribution < 1.29 is 23.8 Å². The van der Waals surface area contributed by atoms with Gasteiger partial charge in [-0.25, -0.2) is 9.59 Å². The predicted molar refractivity (Wildman–Crippen MR) is 84.6 cm³/mol. The Hall–Kier alpha value is -2.24. The van der Waals surface area contributed by atoms with Crippen molar-refractivity contribution >= 4 is 12.1 Å². The molecule has 1 aromatic carbocycles. The van der Waals surface area contributed by atoms with Crippen LogP contribution >= 0.6 is 0 Å². The van der Waals surface area contributed by atoms with Crippen LogP contribution in [0.1, 0.15) is 38.1 Å². The summed E-state index contributed by atoms with van der Waals surface area (Å²) in [5.41, 5.74) is -0.121. The summed E-state index contributed by atoms with van der Waals surface area (Å²) in [6.45, 7) is 8.42. The molecule has 1 heterocycles. The molecule has 0 N–H and O–H groups in total. The Labute approximate surface area is 136 Å². The molecule has 23 heavy (non-hydrogen) atoms. The van der Waals surface area contributed by atoms with Gasteiger partial charge < -0.3 is 19.1 Å². The number of carbonyl (C=O) groups is 2. The molecule has 0 atom stereocenters. The summed E-state index contributed by atoms with van der Waals surface area (Å²) in [6, 6.07) is 6.94. The van der Waals surface area contributed by atoms with Crippen LogP contribution in [0.25, 0.3) is 0 Å². The van der Waals surface area contributed by atoms with E-state index in [0.717, 1.165) is 0 Å². The highest BCUT2D eigenvalue weighted by Crippen LogP contribution is 2.24. The number of hydrogen-bond acceptors (Lipinski definition) is 5. The molecule has 2 rings (SSSR count). The number of hydrogen-bond donors (Lipinski definition) is 0. The number of esters is 1. The van der Waals surface area contributed by atoms with Gasteiger partial charge in [0, 0.05) is 0 Å². The van der Waals surface area contributed by atoms with Crippen molar-refractivity contribution in [3.05, 3.63) is 29.8 Å². The number of amides is 1. The molecule has 6 heteroatoms. The summed E-state index contributed by atoms with van der Waals surface area (Å²) in [7, 11) is 0. The van der Waals surface area contributed by atoms with Crippen molar-refractivity contribution in [2.45, 2.75) is 39.4 Å². The number of benzene rings is 1. The molecule has 126 valence electrons. The first kappa shape index (κ1) is 17.1. The summed E-state index contributed by atoms with van der Waals surface area (Å²) in [5.74, 6) is 0.0613. The van der Waals surface area contributed by atoms with Crippen LogP contribution in [0, 0.1) is 0 Å². The maximum Gasteiger partial charge on any atom is 0.410 e. The number of para-hydroxylation sites is 1. The standard InChI is InChI=1S/C17H23NO5/c1-5-21-15(19)13-8-6-7-9-14(13)22-12-10-18(11-12)16(20)23-17(2,3)4/h6-9,12H,5,10-11H2,1-4H3. The summed E-state index contributed by atoms with van der Waals surface area (Å²) in [4.78, 5) is 25.3. The lowest BCUT2D eigenvalue weighted by atomic mass is 10.1. The average Bonchev–Trinajstić information content (AvgIpc) is 2.41. The second-order valence-corrected chi connectivity index (χ2v) is 6.34. The third-order valence-electron chi connectivity index (χ3n) is 3.18. The Balaban J connectivity index is 1.91. The number of rotatable bonds is 4. The van der Waals surface area contributed by atoms with Gasteiger partial charge in [-0.05, 0) is 39.8 Å². The molecule has 0 radical (unpaired) electrons. The van der Waals surface area contributed by atoms with Gasteiger partial charge in [-0.15, -0.1) is 0 Å². The topological polar surface area (TPSA) is 65.1 Å². The molecule has 0 spiro atoms. The highest BCUT2D eigenvalue weighted by atomic mass is 16.6. The number of ether oxygens (including phenoxy) is 3. The molecule has 1 saturated heterocycles. The fraction of sp³-hybridized carbons (Fsp3) is 0.529. The maximum absolute atomic E-state index is 11.9. The van der Waals surface area contributed by atoms with E-state index in [4.69, 9.17) is 14.2 Å². The Bertz CT molecular complexity index is 573. The van der Waals surface area contributed by atoms with E-state index in [1.54, 1.807) is 36.1 Å². The zero-order chi connectivity index (χ0) is 17.0. The Morgan fingerprint density at radius 2 is 1.87 bits per heavy atom. The minimum atomic E-state index is -0.514. The van der Waals surface area contributed by atoms with E-state index in [1.807, 2.05) is 20.8 Å². The molecule has 0 unspecified atom stereocenters. The zero-order valence-electron chi connectivity index (χ0n) is 14.0. The second-order valence-electron chi connectivity index (χ2n) is 6.34. The lowest BCUT2D eigenvalue weighted by molar-refractivity contribution is -0.0225. The van der Waals surface area contributed by atoms with E-state index in [0.29, 0.717) is 31.0 Å². The van der Waals surface area contributed by atoms with E-state index in [9.17, 15) is 9.59 Å². The number of nitrogens with zero attached hydrogens (tertiary/aromatic N) is 1. The summed E-state index contributed by atoms with van der Waals surface area (Å²) >= 11 is 0. The van der Waals surface area contributed by atoms with Crippen LogP contribution in [-0.2, 0) is 9.47 Å². The molecular weight excluding hydrogens is 298 g/mol. The van der Waals surface area contributed by atoms with Crippen LogP contribution in [-0.4, -0.2) is 48.4 Å². The molecule has 0 bridgehead atoms. The monoisotopic (exact) mass is 321 g/mol. The van der Waals surface area contributed by atoms with Gasteiger partial charge in [0.1, 0.15) is 23.0 Å². The molecule has 1 aliphatic heterocycles. The van der Waals surface area contributed by atoms with Crippen molar-refractivity contribution in [3.63, 3.8) is 0 Å². The molecular formula is C17H23NO5. The van der Waals surface area contributed by atoms with Gasteiger partial charge in [-0.3, -0.25) is 0 Å². The molecule has 1 amide bonds. The maximum atomic E-state index is 11.9. The first-order valence-electron chi connectivity index (χ1n) is 7.71. The fourth-order valence-corrected chi connectivity index (χ4v) is 2.11. The van der Waals surface area contributed by atoms with Gasteiger partial charge in [0.2, 0.25) is 0 Å². The van der Waals surface area contributed by atoms with Crippen molar-refractivity contribution in [2.24, 2.45) is 0 Å². The smallest absolute Gasteiger partial charge is 0.410 e. The van der Waals surface area contributed by atoms with Crippen LogP contribution in [0.4, 0.5) is 4.79 Å². The second kappa shape index (κ2) is 6.89. The van der Waals surface area contributed by atoms with Gasteiger partial charge in [0.05, 0.1) is 19.7 Å². The van der Waals surface area contributed by atoms with Crippen LogP contribution in [0.2, 0.25) is 0 Å². The minimum Gasteiger partial charge on any atom is -0.486 e. The number of likely N-dealkylation sites (tertiary alicyclic amines) is 1. The lowest BCUT2D eigenvalue weighted by Crippen LogP contribution is -2.57. The van der Waals surface area contributed by atoms with Crippen molar-refractivity contribution in [1.82, 2.24) is 4.90 Å². The van der Waals surface area contributed by atoms with Crippen LogP contribution in [0.5, 0.6) is 5.75 Å². The molecule has 1 aromatic rings. The van der Waals surface area contributed by atoms with Gasteiger partial charge in [-0.2, -0.15) is 0 Å². The van der Waals surface area contributed by atoms with Gasteiger partial charge >= 0.3 is 12.1 Å². The van der Waals surface area contributed by atoms with Crippen LogP contribution in [0.3, 0.4) is 0 Å². The molecule has 0 saturated carbocycles. The largest absolute Gasteiger partial charge is 0.486 e. The van der Waals surface area contributed by atoms with E-state index in [2.05, 4.69) is 0 Å². The van der Waals surface area contributed by atoms with Gasteiger partial charge in [0.15, 0.2) is 0 Å². The highest BCUT2D eigenvalue weighted by Gasteiger charge is 2.35. The normalized spacial score (nSPS) is 14.9. The van der Waals surface area contributed by atoms with Crippen molar-refractivity contribution in [2.75, 3.05) is 19.7 Å². The third kappa shape index (κ3) is 4.61. The number of carbonyl (C=O) groups excluding carboxylic acids is 2. The average molecular weight is 321 g/mol. The Kier molecular flexibility index (Phi) is 5.13. The van der Waals surface area contributed by atoms with E-state index < -0.39 is 11.6 Å². The van der Waals surface area contributed by atoms with Gasteiger partial charge in [-0.1, -0.05) is 12.1 Å². The van der Waals surface area contributed by atoms with E-state index >= 15 is 0 Å².